The van der Waals surface area contributed by atoms with E-state index in [0.717, 1.165) is 43.0 Å². The van der Waals surface area contributed by atoms with Crippen LogP contribution in [0.5, 0.6) is 5.75 Å². The molecule has 2 atom stereocenters. The van der Waals surface area contributed by atoms with E-state index in [1.807, 2.05) is 32.2 Å². The summed E-state index contributed by atoms with van der Waals surface area (Å²) in [6.45, 7) is 6.45. The van der Waals surface area contributed by atoms with E-state index in [1.165, 1.54) is 4.90 Å². The molecule has 0 aliphatic rings. The Labute approximate surface area is 172 Å². The van der Waals surface area contributed by atoms with Gasteiger partial charge in [-0.05, 0) is 43.0 Å². The van der Waals surface area contributed by atoms with E-state index >= 15 is 0 Å². The van der Waals surface area contributed by atoms with Gasteiger partial charge < -0.3 is 25.2 Å². The molecule has 1 aromatic carbocycles. The van der Waals surface area contributed by atoms with Gasteiger partial charge in [-0.3, -0.25) is 4.79 Å². The molecule has 2 aromatic rings. The van der Waals surface area contributed by atoms with Gasteiger partial charge >= 0.3 is 12.1 Å². The Morgan fingerprint density at radius 1 is 1.10 bits per heavy atom. The molecule has 0 aliphatic carbocycles. The van der Waals surface area contributed by atoms with Crippen molar-refractivity contribution in [1.82, 2.24) is 9.88 Å². The summed E-state index contributed by atoms with van der Waals surface area (Å²) < 4.78 is 0. The summed E-state index contributed by atoms with van der Waals surface area (Å²) in [5.74, 6) is -1.20. The molecule has 162 valence electrons. The van der Waals surface area contributed by atoms with E-state index in [-0.39, 0.29) is 12.5 Å². The lowest BCUT2D eigenvalue weighted by atomic mass is 9.89. The van der Waals surface area contributed by atoms with Gasteiger partial charge in [0.15, 0.2) is 0 Å². The number of hydrogen-bond donors (Lipinski definition) is 4. The number of nitrogens with zero attached hydrogens (tertiary/aromatic N) is 1. The molecule has 2 rings (SSSR count). The fraction of sp³-hybridized carbons (Fsp3) is 0.545. The summed E-state index contributed by atoms with van der Waals surface area (Å²) in [4.78, 5) is 26.7. The number of unbranched alkanes of at least 4 members (excludes halogenated alkanes) is 2. The number of carbonyl (C=O) groups is 2. The summed E-state index contributed by atoms with van der Waals surface area (Å²) in [5.41, 5.74) is 1.05. The first kappa shape index (κ1) is 24.3. The minimum Gasteiger partial charge on any atom is -0.508 e. The molecule has 0 bridgehead atoms. The van der Waals surface area contributed by atoms with Gasteiger partial charge in [-0.1, -0.05) is 40.0 Å². The second kappa shape index (κ2) is 12.7. The van der Waals surface area contributed by atoms with Gasteiger partial charge in [0.1, 0.15) is 5.75 Å². The molecular weight excluding hydrogens is 372 g/mol. The maximum absolute atomic E-state index is 11.3. The molecule has 0 aliphatic heterocycles. The molecule has 1 aromatic heterocycles. The fourth-order valence-corrected chi connectivity index (χ4v) is 3.12. The van der Waals surface area contributed by atoms with Gasteiger partial charge in [-0.15, -0.1) is 0 Å². The number of carboxylic acids is 1. The lowest BCUT2D eigenvalue weighted by molar-refractivity contribution is -0.144. The Morgan fingerprint density at radius 2 is 1.79 bits per heavy atom. The third kappa shape index (κ3) is 8.46. The number of carboxylic acid groups (broad SMARTS) is 2. The molecule has 0 saturated heterocycles. The third-order valence-corrected chi connectivity index (χ3v) is 5.02. The first-order valence-electron chi connectivity index (χ1n) is 10.3. The average Bonchev–Trinajstić information content (AvgIpc) is 3.13. The SMILES string of the molecule is CCCCC(C)C(CN(CCCC)C(=O)O)C(=O)O.Oc1ccc2[nH]ccc2c1. The highest BCUT2D eigenvalue weighted by atomic mass is 16.4. The van der Waals surface area contributed by atoms with Crippen molar-refractivity contribution in [3.8, 4) is 5.75 Å². The van der Waals surface area contributed by atoms with Crippen molar-refractivity contribution >= 4 is 23.0 Å². The van der Waals surface area contributed by atoms with E-state index in [0.29, 0.717) is 12.3 Å². The number of phenols is 1. The highest BCUT2D eigenvalue weighted by Gasteiger charge is 2.28. The van der Waals surface area contributed by atoms with Gasteiger partial charge in [0.05, 0.1) is 5.92 Å². The topological polar surface area (TPSA) is 114 Å². The molecule has 29 heavy (non-hydrogen) atoms. The zero-order valence-corrected chi connectivity index (χ0v) is 17.6. The standard InChI is InChI=1S/C14H27NO4.C8H7NO/c1-4-6-8-11(3)12(13(16)17)10-15(14(18)19)9-7-5-2;10-7-1-2-8-6(5-7)3-4-9-8/h11-12H,4-10H2,1-3H3,(H,16,17)(H,18,19);1-5,9-10H. The van der Waals surface area contributed by atoms with E-state index in [2.05, 4.69) is 11.9 Å². The Hall–Kier alpha value is -2.70. The van der Waals surface area contributed by atoms with Crippen LogP contribution in [-0.2, 0) is 4.79 Å². The maximum atomic E-state index is 11.3. The number of phenolic OH excluding ortho intramolecular Hbond substituents is 1. The minimum atomic E-state index is -1.03. The van der Waals surface area contributed by atoms with Crippen LogP contribution in [0, 0.1) is 11.8 Å². The van der Waals surface area contributed by atoms with Crippen molar-refractivity contribution in [2.45, 2.75) is 52.9 Å². The predicted molar refractivity (Wildman–Crippen MR) is 114 cm³/mol. The van der Waals surface area contributed by atoms with Crippen molar-refractivity contribution in [1.29, 1.82) is 0 Å². The van der Waals surface area contributed by atoms with Crippen LogP contribution in [0.1, 0.15) is 52.9 Å². The lowest BCUT2D eigenvalue weighted by Crippen LogP contribution is -2.40. The molecule has 0 spiro atoms. The number of benzene rings is 1. The molecule has 0 fully saturated rings. The van der Waals surface area contributed by atoms with Gasteiger partial charge in [-0.25, -0.2) is 4.79 Å². The predicted octanol–water partition coefficient (Wildman–Crippen LogP) is 5.17. The van der Waals surface area contributed by atoms with Gasteiger partial charge in [0, 0.05) is 30.2 Å². The smallest absolute Gasteiger partial charge is 0.407 e. The molecule has 1 heterocycles. The summed E-state index contributed by atoms with van der Waals surface area (Å²) >= 11 is 0. The summed E-state index contributed by atoms with van der Waals surface area (Å²) in [5, 5.41) is 28.5. The number of aliphatic carboxylic acids is 1. The first-order valence-corrected chi connectivity index (χ1v) is 10.3. The summed E-state index contributed by atoms with van der Waals surface area (Å²) in [6.07, 6.45) is 5.32. The van der Waals surface area contributed by atoms with Gasteiger partial charge in [-0.2, -0.15) is 0 Å². The zero-order valence-electron chi connectivity index (χ0n) is 17.6. The molecule has 2 unspecified atom stereocenters. The Kier molecular flexibility index (Phi) is 10.7. The highest BCUT2D eigenvalue weighted by Crippen LogP contribution is 2.20. The van der Waals surface area contributed by atoms with Crippen molar-refractivity contribution in [3.05, 3.63) is 30.5 Å². The molecular formula is C22H34N2O5. The van der Waals surface area contributed by atoms with E-state index in [1.54, 1.807) is 12.1 Å². The van der Waals surface area contributed by atoms with Crippen LogP contribution in [0.2, 0.25) is 0 Å². The van der Waals surface area contributed by atoms with Crippen LogP contribution in [0.3, 0.4) is 0 Å². The molecule has 1 amide bonds. The van der Waals surface area contributed by atoms with E-state index < -0.39 is 18.0 Å². The fourth-order valence-electron chi connectivity index (χ4n) is 3.12. The monoisotopic (exact) mass is 406 g/mol. The number of nitrogens with one attached hydrogen (secondary N) is 1. The Morgan fingerprint density at radius 3 is 2.38 bits per heavy atom. The van der Waals surface area contributed by atoms with Gasteiger partial charge in [0.25, 0.3) is 0 Å². The number of fused-ring (bicyclic) bond motifs is 1. The number of aromatic nitrogens is 1. The number of aromatic amines is 1. The number of hydrogen-bond acceptors (Lipinski definition) is 3. The molecule has 7 heteroatoms. The normalized spacial score (nSPS) is 12.7. The number of rotatable bonds is 10. The first-order chi connectivity index (χ1) is 13.8. The Balaban J connectivity index is 0.000000345. The van der Waals surface area contributed by atoms with Crippen molar-refractivity contribution in [2.75, 3.05) is 13.1 Å². The summed E-state index contributed by atoms with van der Waals surface area (Å²) in [6, 6.07) is 7.17. The van der Waals surface area contributed by atoms with Gasteiger partial charge in [0.2, 0.25) is 0 Å². The van der Waals surface area contributed by atoms with E-state index in [4.69, 9.17) is 10.2 Å². The zero-order chi connectivity index (χ0) is 21.8. The average molecular weight is 407 g/mol. The second-order valence-corrected chi connectivity index (χ2v) is 7.40. The van der Waals surface area contributed by atoms with Crippen molar-refractivity contribution in [2.24, 2.45) is 11.8 Å². The van der Waals surface area contributed by atoms with Crippen molar-refractivity contribution < 1.29 is 24.9 Å². The second-order valence-electron chi connectivity index (χ2n) is 7.40. The molecule has 7 nitrogen and oxygen atoms in total. The van der Waals surface area contributed by atoms with Crippen LogP contribution in [-0.4, -0.2) is 50.4 Å². The lowest BCUT2D eigenvalue weighted by Gasteiger charge is -2.26. The van der Waals surface area contributed by atoms with Crippen LogP contribution < -0.4 is 0 Å². The number of H-pyrrole nitrogens is 1. The minimum absolute atomic E-state index is 0.000858. The maximum Gasteiger partial charge on any atom is 0.407 e. The van der Waals surface area contributed by atoms with E-state index in [9.17, 15) is 14.7 Å². The van der Waals surface area contributed by atoms with Crippen LogP contribution >= 0.6 is 0 Å². The Bertz CT molecular complexity index is 758. The summed E-state index contributed by atoms with van der Waals surface area (Å²) in [7, 11) is 0. The molecule has 0 saturated carbocycles. The highest BCUT2D eigenvalue weighted by molar-refractivity contribution is 5.80. The number of aromatic hydroxyl groups is 1. The third-order valence-electron chi connectivity index (χ3n) is 5.02. The van der Waals surface area contributed by atoms with Crippen LogP contribution in [0.25, 0.3) is 10.9 Å². The van der Waals surface area contributed by atoms with Crippen molar-refractivity contribution in [3.63, 3.8) is 0 Å². The largest absolute Gasteiger partial charge is 0.508 e. The molecule has 0 radical (unpaired) electrons. The number of amides is 1. The van der Waals surface area contributed by atoms with Crippen LogP contribution in [0.15, 0.2) is 30.5 Å². The quantitative estimate of drug-likeness (QED) is 0.435. The van der Waals surface area contributed by atoms with Crippen LogP contribution in [0.4, 0.5) is 4.79 Å². The molecule has 4 N–H and O–H groups in total.